The number of anilines is 3. The van der Waals surface area contributed by atoms with Crippen molar-refractivity contribution < 1.29 is 0 Å². The Balaban J connectivity index is 1.33. The Morgan fingerprint density at radius 2 is 1.21 bits per heavy atom. The number of nitrogens with zero attached hydrogens (tertiary/aromatic N) is 1. The molecule has 0 atom stereocenters. The number of benzene rings is 6. The molecule has 1 aliphatic carbocycles. The molecule has 186 valence electrons. The van der Waals surface area contributed by atoms with Crippen molar-refractivity contribution in [1.82, 2.24) is 0 Å². The van der Waals surface area contributed by atoms with E-state index in [2.05, 4.69) is 146 Å². The molecule has 8 rings (SSSR count). The molecule has 1 heterocycles. The van der Waals surface area contributed by atoms with Crippen molar-refractivity contribution in [1.29, 1.82) is 0 Å². The molecular weight excluding hydrogens is 490 g/mol. The van der Waals surface area contributed by atoms with Crippen LogP contribution in [0.3, 0.4) is 0 Å². The van der Waals surface area contributed by atoms with E-state index in [1.54, 1.807) is 0 Å². The lowest BCUT2D eigenvalue weighted by Crippen LogP contribution is -2.14. The van der Waals surface area contributed by atoms with Gasteiger partial charge in [0.15, 0.2) is 0 Å². The fourth-order valence-corrected chi connectivity index (χ4v) is 7.54. The Kier molecular flexibility index (Phi) is 4.80. The minimum Gasteiger partial charge on any atom is -0.310 e. The van der Waals surface area contributed by atoms with Gasteiger partial charge in [-0.25, -0.2) is 0 Å². The maximum Gasteiger partial charge on any atom is 0.0468 e. The largest absolute Gasteiger partial charge is 0.310 e. The number of thiophene rings is 1. The maximum absolute atomic E-state index is 2.42. The van der Waals surface area contributed by atoms with E-state index in [1.807, 2.05) is 11.3 Å². The van der Waals surface area contributed by atoms with E-state index in [4.69, 9.17) is 0 Å². The third-order valence-electron chi connectivity index (χ3n) is 8.42. The zero-order valence-corrected chi connectivity index (χ0v) is 22.8. The smallest absolute Gasteiger partial charge is 0.0468 e. The summed E-state index contributed by atoms with van der Waals surface area (Å²) >= 11 is 1.86. The summed E-state index contributed by atoms with van der Waals surface area (Å²) in [6, 6.07) is 46.9. The Morgan fingerprint density at radius 1 is 0.487 bits per heavy atom. The minimum absolute atomic E-state index is 0.0136. The second-order valence-electron chi connectivity index (χ2n) is 11.0. The molecule has 0 N–H and O–H groups in total. The monoisotopic (exact) mass is 517 g/mol. The summed E-state index contributed by atoms with van der Waals surface area (Å²) < 4.78 is 2.66. The molecule has 6 aromatic carbocycles. The second-order valence-corrected chi connectivity index (χ2v) is 12.1. The number of hydrogen-bond donors (Lipinski definition) is 0. The van der Waals surface area contributed by atoms with Gasteiger partial charge in [0.05, 0.1) is 0 Å². The summed E-state index contributed by atoms with van der Waals surface area (Å²) in [5.41, 5.74) is 9.04. The van der Waals surface area contributed by atoms with Crippen LogP contribution < -0.4 is 4.90 Å². The Morgan fingerprint density at radius 3 is 2.10 bits per heavy atom. The van der Waals surface area contributed by atoms with Gasteiger partial charge in [0.2, 0.25) is 0 Å². The third kappa shape index (κ3) is 3.38. The molecule has 1 aliphatic rings. The van der Waals surface area contributed by atoms with Crippen molar-refractivity contribution in [2.45, 2.75) is 19.3 Å². The highest BCUT2D eigenvalue weighted by Gasteiger charge is 2.35. The number of rotatable bonds is 3. The zero-order valence-electron chi connectivity index (χ0n) is 22.0. The van der Waals surface area contributed by atoms with Crippen LogP contribution >= 0.6 is 11.3 Å². The van der Waals surface area contributed by atoms with Crippen LogP contribution in [0.25, 0.3) is 42.1 Å². The van der Waals surface area contributed by atoms with Crippen molar-refractivity contribution in [3.05, 3.63) is 139 Å². The first-order chi connectivity index (χ1) is 19.1. The van der Waals surface area contributed by atoms with Crippen LogP contribution in [0.5, 0.6) is 0 Å². The van der Waals surface area contributed by atoms with Crippen molar-refractivity contribution in [2.75, 3.05) is 4.90 Å². The van der Waals surface area contributed by atoms with Crippen LogP contribution in [0.2, 0.25) is 0 Å². The topological polar surface area (TPSA) is 3.24 Å². The molecule has 0 saturated carbocycles. The van der Waals surface area contributed by atoms with Gasteiger partial charge in [0.1, 0.15) is 0 Å². The van der Waals surface area contributed by atoms with Gasteiger partial charge in [-0.2, -0.15) is 0 Å². The Bertz CT molecular complexity index is 2050. The first-order valence-electron chi connectivity index (χ1n) is 13.5. The SMILES string of the molecule is CC1(C)c2ccccc2-c2cc3ccc(N(c4ccccc4)c4ccc5sc6ccccc6c5c4)cc3cc21. The lowest BCUT2D eigenvalue weighted by Gasteiger charge is -2.26. The quantitative estimate of drug-likeness (QED) is 0.225. The van der Waals surface area contributed by atoms with Gasteiger partial charge < -0.3 is 4.90 Å². The average molecular weight is 518 g/mol. The standard InChI is InChI=1S/C37H27NS/c1-37(2)33-14-8-6-12-29(33)31-21-24-16-17-27(20-25(24)22-34(31)37)38(26-10-4-3-5-11-26)28-18-19-36-32(23-28)30-13-7-9-15-35(30)39-36/h3-23H,1-2H3. The molecule has 0 amide bonds. The van der Waals surface area contributed by atoms with Gasteiger partial charge in [0.25, 0.3) is 0 Å². The van der Waals surface area contributed by atoms with Gasteiger partial charge in [-0.15, -0.1) is 11.3 Å². The lowest BCUT2D eigenvalue weighted by molar-refractivity contribution is 0.661. The molecule has 2 heteroatoms. The van der Waals surface area contributed by atoms with Crippen molar-refractivity contribution in [3.8, 4) is 11.1 Å². The van der Waals surface area contributed by atoms with Gasteiger partial charge in [-0.3, -0.25) is 0 Å². The van der Waals surface area contributed by atoms with Crippen molar-refractivity contribution in [3.63, 3.8) is 0 Å². The summed E-state index contributed by atoms with van der Waals surface area (Å²) in [5, 5.41) is 5.18. The second kappa shape index (κ2) is 8.30. The zero-order chi connectivity index (χ0) is 26.1. The predicted molar refractivity (Wildman–Crippen MR) is 169 cm³/mol. The van der Waals surface area contributed by atoms with Crippen molar-refractivity contribution in [2.24, 2.45) is 0 Å². The van der Waals surface area contributed by atoms with E-state index in [9.17, 15) is 0 Å². The van der Waals surface area contributed by atoms with Crippen LogP contribution in [0.1, 0.15) is 25.0 Å². The van der Waals surface area contributed by atoms with Crippen LogP contribution in [0.4, 0.5) is 17.1 Å². The van der Waals surface area contributed by atoms with Crippen LogP contribution in [-0.4, -0.2) is 0 Å². The molecule has 1 nitrogen and oxygen atoms in total. The highest BCUT2D eigenvalue weighted by molar-refractivity contribution is 7.25. The van der Waals surface area contributed by atoms with Gasteiger partial charge in [-0.1, -0.05) is 80.6 Å². The minimum atomic E-state index is -0.0136. The highest BCUT2D eigenvalue weighted by atomic mass is 32.1. The molecule has 0 radical (unpaired) electrons. The summed E-state index contributed by atoms with van der Waals surface area (Å²) in [4.78, 5) is 2.39. The summed E-state index contributed by atoms with van der Waals surface area (Å²) in [5.74, 6) is 0. The first-order valence-corrected chi connectivity index (χ1v) is 14.3. The molecule has 0 fully saturated rings. The fraction of sp³-hybridized carbons (Fsp3) is 0.0811. The van der Waals surface area contributed by atoms with Crippen molar-refractivity contribution >= 4 is 59.3 Å². The molecule has 0 aliphatic heterocycles. The molecule has 7 aromatic rings. The van der Waals surface area contributed by atoms with E-state index >= 15 is 0 Å². The predicted octanol–water partition coefficient (Wildman–Crippen LogP) is 11.0. The average Bonchev–Trinajstić information content (AvgIpc) is 3.45. The number of hydrogen-bond acceptors (Lipinski definition) is 2. The molecule has 0 saturated heterocycles. The third-order valence-corrected chi connectivity index (χ3v) is 9.57. The van der Waals surface area contributed by atoms with Gasteiger partial charge >= 0.3 is 0 Å². The fourth-order valence-electron chi connectivity index (χ4n) is 6.45. The summed E-state index contributed by atoms with van der Waals surface area (Å²) in [6.45, 7) is 4.70. The van der Waals surface area contributed by atoms with E-state index in [-0.39, 0.29) is 5.41 Å². The molecule has 1 aromatic heterocycles. The van der Waals surface area contributed by atoms with E-state index in [1.165, 1.54) is 64.6 Å². The number of fused-ring (bicyclic) bond motifs is 7. The lowest BCUT2D eigenvalue weighted by atomic mass is 9.82. The van der Waals surface area contributed by atoms with Gasteiger partial charge in [0, 0.05) is 42.6 Å². The maximum atomic E-state index is 2.42. The normalized spacial score (nSPS) is 13.6. The van der Waals surface area contributed by atoms with Crippen LogP contribution in [0.15, 0.2) is 127 Å². The molecule has 0 bridgehead atoms. The van der Waals surface area contributed by atoms with E-state index < -0.39 is 0 Å². The number of para-hydroxylation sites is 1. The Hall–Kier alpha value is -4.40. The molecule has 0 spiro atoms. The van der Waals surface area contributed by atoms with Gasteiger partial charge in [-0.05, 0) is 93.7 Å². The molecule has 39 heavy (non-hydrogen) atoms. The van der Waals surface area contributed by atoms with E-state index in [0.29, 0.717) is 0 Å². The Labute approximate surface area is 232 Å². The first kappa shape index (κ1) is 22.6. The summed E-state index contributed by atoms with van der Waals surface area (Å²) in [7, 11) is 0. The highest BCUT2D eigenvalue weighted by Crippen LogP contribution is 2.50. The van der Waals surface area contributed by atoms with Crippen LogP contribution in [-0.2, 0) is 5.41 Å². The summed E-state index contributed by atoms with van der Waals surface area (Å²) in [6.07, 6.45) is 0. The molecule has 0 unspecified atom stereocenters. The molecular formula is C37H27NS. The van der Waals surface area contributed by atoms with E-state index in [0.717, 1.165) is 5.69 Å². The van der Waals surface area contributed by atoms with Crippen LogP contribution in [0, 0.1) is 0 Å².